The van der Waals surface area contributed by atoms with E-state index in [2.05, 4.69) is 14.6 Å². The van der Waals surface area contributed by atoms with E-state index in [-0.39, 0.29) is 22.8 Å². The Balaban J connectivity index is 1.40. The minimum Gasteiger partial charge on any atom is -0.444 e. The molecule has 39 heavy (non-hydrogen) atoms. The Kier molecular flexibility index (Phi) is 8.27. The molecule has 1 aliphatic heterocycles. The molecule has 1 fully saturated rings. The van der Waals surface area contributed by atoms with E-state index >= 15 is 0 Å². The van der Waals surface area contributed by atoms with Crippen molar-refractivity contribution < 1.29 is 22.3 Å². The largest absolute Gasteiger partial charge is 0.444 e. The number of hydrogen-bond donors (Lipinski definition) is 1. The summed E-state index contributed by atoms with van der Waals surface area (Å²) in [6.07, 6.45) is 2.54. The molecule has 1 aliphatic rings. The van der Waals surface area contributed by atoms with Gasteiger partial charge in [-0.15, -0.1) is 0 Å². The van der Waals surface area contributed by atoms with Crippen molar-refractivity contribution in [3.63, 3.8) is 0 Å². The zero-order valence-electron chi connectivity index (χ0n) is 22.9. The van der Waals surface area contributed by atoms with Gasteiger partial charge in [0.25, 0.3) is 10.0 Å². The summed E-state index contributed by atoms with van der Waals surface area (Å²) in [6, 6.07) is 12.8. The third-order valence-corrected chi connectivity index (χ3v) is 7.88. The lowest BCUT2D eigenvalue weighted by molar-refractivity contribution is 0.000532. The zero-order valence-corrected chi connectivity index (χ0v) is 23.8. The summed E-state index contributed by atoms with van der Waals surface area (Å²) in [5.41, 5.74) is 3.20. The number of halogens is 1. The molecule has 4 rings (SSSR count). The van der Waals surface area contributed by atoms with Crippen molar-refractivity contribution in [2.24, 2.45) is 0 Å². The number of benzene rings is 2. The van der Waals surface area contributed by atoms with Gasteiger partial charge in [-0.25, -0.2) is 17.6 Å². The lowest BCUT2D eigenvalue weighted by atomic mass is 10.1. The topological polar surface area (TPSA) is 91.8 Å². The van der Waals surface area contributed by atoms with Crippen molar-refractivity contribution in [1.29, 1.82) is 0 Å². The van der Waals surface area contributed by atoms with E-state index in [1.54, 1.807) is 29.3 Å². The molecule has 2 heterocycles. The third-order valence-electron chi connectivity index (χ3n) is 6.53. The summed E-state index contributed by atoms with van der Waals surface area (Å²) in [4.78, 5) is 20.7. The number of piperazine rings is 1. The van der Waals surface area contributed by atoms with Gasteiger partial charge in [0, 0.05) is 55.9 Å². The van der Waals surface area contributed by atoms with Crippen molar-refractivity contribution in [2.45, 2.75) is 57.7 Å². The number of sulfonamides is 1. The molecular weight excluding hydrogens is 519 g/mol. The first kappa shape index (κ1) is 28.5. The summed E-state index contributed by atoms with van der Waals surface area (Å²) in [7, 11) is -3.89. The highest BCUT2D eigenvalue weighted by atomic mass is 32.2. The van der Waals surface area contributed by atoms with Crippen LogP contribution in [0, 0.1) is 12.7 Å². The summed E-state index contributed by atoms with van der Waals surface area (Å²) >= 11 is 0. The number of anilines is 1. The number of aromatic nitrogens is 1. The average Bonchev–Trinajstić information content (AvgIpc) is 2.85. The second-order valence-electron chi connectivity index (χ2n) is 10.9. The van der Waals surface area contributed by atoms with E-state index in [0.717, 1.165) is 17.7 Å². The van der Waals surface area contributed by atoms with E-state index in [0.29, 0.717) is 36.4 Å². The summed E-state index contributed by atoms with van der Waals surface area (Å²) in [5.74, 6) is -0.367. The van der Waals surface area contributed by atoms with Crippen molar-refractivity contribution >= 4 is 21.8 Å². The van der Waals surface area contributed by atoms with Crippen molar-refractivity contribution in [3.8, 4) is 11.1 Å². The molecule has 0 aliphatic carbocycles. The van der Waals surface area contributed by atoms with Crippen LogP contribution in [0.15, 0.2) is 65.8 Å². The number of carbonyl (C=O) groups is 1. The van der Waals surface area contributed by atoms with Gasteiger partial charge in [0.1, 0.15) is 16.3 Å². The van der Waals surface area contributed by atoms with Crippen LogP contribution in [0.3, 0.4) is 0 Å². The maximum atomic E-state index is 13.3. The predicted octanol–water partition coefficient (Wildman–Crippen LogP) is 5.44. The minimum atomic E-state index is -3.89. The van der Waals surface area contributed by atoms with Crippen LogP contribution < -0.4 is 4.72 Å². The van der Waals surface area contributed by atoms with E-state index in [9.17, 15) is 17.6 Å². The molecule has 1 atom stereocenters. The Hall–Kier alpha value is -3.50. The Morgan fingerprint density at radius 1 is 1.08 bits per heavy atom. The van der Waals surface area contributed by atoms with Crippen LogP contribution in [0.2, 0.25) is 0 Å². The van der Waals surface area contributed by atoms with Crippen molar-refractivity contribution in [3.05, 3.63) is 77.9 Å². The van der Waals surface area contributed by atoms with E-state index in [1.165, 1.54) is 24.4 Å². The molecule has 10 heteroatoms. The Morgan fingerprint density at radius 2 is 1.79 bits per heavy atom. The van der Waals surface area contributed by atoms with Crippen LogP contribution in [0.25, 0.3) is 11.1 Å². The SMILES string of the molecule is Cc1cc(NS(=O)(=O)c2cncc(-c3ccc(F)cc3)c2)ccc1CN1CCN(C(=O)OC(C)(C)C)C(C)C1. The van der Waals surface area contributed by atoms with Gasteiger partial charge >= 0.3 is 6.09 Å². The lowest BCUT2D eigenvalue weighted by Crippen LogP contribution is -2.54. The molecule has 2 aromatic carbocycles. The molecule has 3 aromatic rings. The van der Waals surface area contributed by atoms with Crippen LogP contribution in [0.5, 0.6) is 0 Å². The second kappa shape index (κ2) is 11.3. The summed E-state index contributed by atoms with van der Waals surface area (Å²) in [5, 5.41) is 0. The van der Waals surface area contributed by atoms with Gasteiger partial charge in [-0.2, -0.15) is 0 Å². The highest BCUT2D eigenvalue weighted by Gasteiger charge is 2.31. The number of hydrogen-bond acceptors (Lipinski definition) is 6. The predicted molar refractivity (Wildman–Crippen MR) is 149 cm³/mol. The number of amides is 1. The maximum absolute atomic E-state index is 13.3. The Labute approximate surface area is 229 Å². The second-order valence-corrected chi connectivity index (χ2v) is 12.6. The number of pyridine rings is 1. The van der Waals surface area contributed by atoms with Crippen LogP contribution in [-0.2, 0) is 21.3 Å². The van der Waals surface area contributed by atoms with Crippen LogP contribution >= 0.6 is 0 Å². The molecular formula is C29H35FN4O4S. The van der Waals surface area contributed by atoms with Gasteiger partial charge in [0.05, 0.1) is 0 Å². The van der Waals surface area contributed by atoms with Gasteiger partial charge in [-0.05, 0) is 81.6 Å². The molecule has 1 saturated heterocycles. The average molecular weight is 555 g/mol. The number of carbonyl (C=O) groups excluding carboxylic acids is 1. The smallest absolute Gasteiger partial charge is 0.410 e. The fourth-order valence-electron chi connectivity index (χ4n) is 4.53. The molecule has 0 radical (unpaired) electrons. The number of nitrogens with zero attached hydrogens (tertiary/aromatic N) is 3. The van der Waals surface area contributed by atoms with Crippen molar-refractivity contribution in [1.82, 2.24) is 14.8 Å². The lowest BCUT2D eigenvalue weighted by Gasteiger charge is -2.40. The fourth-order valence-corrected chi connectivity index (χ4v) is 5.56. The van der Waals surface area contributed by atoms with Gasteiger partial charge in [-0.1, -0.05) is 18.2 Å². The number of nitrogens with one attached hydrogen (secondary N) is 1. The first-order valence-electron chi connectivity index (χ1n) is 12.9. The number of rotatable bonds is 6. The van der Waals surface area contributed by atoms with Gasteiger partial charge in [0.2, 0.25) is 0 Å². The van der Waals surface area contributed by atoms with Gasteiger partial charge in [-0.3, -0.25) is 14.6 Å². The maximum Gasteiger partial charge on any atom is 0.410 e. The Morgan fingerprint density at radius 3 is 2.44 bits per heavy atom. The monoisotopic (exact) mass is 554 g/mol. The Bertz CT molecular complexity index is 1440. The molecule has 1 N–H and O–H groups in total. The summed E-state index contributed by atoms with van der Waals surface area (Å²) < 4.78 is 47.6. The van der Waals surface area contributed by atoms with Gasteiger partial charge in [0.15, 0.2) is 0 Å². The molecule has 208 valence electrons. The first-order valence-corrected chi connectivity index (χ1v) is 14.3. The zero-order chi connectivity index (χ0) is 28.4. The molecule has 8 nitrogen and oxygen atoms in total. The van der Waals surface area contributed by atoms with Gasteiger partial charge < -0.3 is 9.64 Å². The highest BCUT2D eigenvalue weighted by Crippen LogP contribution is 2.25. The van der Waals surface area contributed by atoms with Crippen molar-refractivity contribution in [2.75, 3.05) is 24.4 Å². The quantitative estimate of drug-likeness (QED) is 0.437. The molecule has 0 spiro atoms. The normalized spacial score (nSPS) is 16.7. The third kappa shape index (κ3) is 7.33. The number of aryl methyl sites for hydroxylation is 1. The van der Waals surface area contributed by atoms with E-state index in [1.807, 2.05) is 46.8 Å². The fraction of sp³-hybridized carbons (Fsp3) is 0.379. The first-order chi connectivity index (χ1) is 18.3. The van der Waals surface area contributed by atoms with Crippen LogP contribution in [0.4, 0.5) is 14.9 Å². The number of ether oxygens (including phenoxy) is 1. The van der Waals surface area contributed by atoms with E-state index < -0.39 is 15.6 Å². The van der Waals surface area contributed by atoms with E-state index in [4.69, 9.17) is 4.74 Å². The molecule has 0 bridgehead atoms. The molecule has 1 aromatic heterocycles. The van der Waals surface area contributed by atoms with Crippen LogP contribution in [-0.4, -0.2) is 60.6 Å². The standard InChI is InChI=1S/C29H35FN4O4S/c1-20-14-26(32-39(36,37)27-15-24(16-31-17-27)22-6-9-25(30)10-7-22)11-8-23(20)19-33-12-13-34(21(2)18-33)28(35)38-29(3,4)5/h6-11,14-17,21,32H,12-13,18-19H2,1-5H3. The molecule has 1 amide bonds. The minimum absolute atomic E-state index is 0.0132. The molecule has 1 unspecified atom stereocenters. The highest BCUT2D eigenvalue weighted by molar-refractivity contribution is 7.92. The summed E-state index contributed by atoms with van der Waals surface area (Å²) in [6.45, 7) is 12.2. The van der Waals surface area contributed by atoms with Crippen LogP contribution in [0.1, 0.15) is 38.8 Å². The molecule has 0 saturated carbocycles.